The minimum atomic E-state index is -0.00261. The van der Waals surface area contributed by atoms with Crippen molar-refractivity contribution in [2.45, 2.75) is 18.8 Å². The number of likely N-dealkylation sites (tertiary alicyclic amines) is 1. The molecule has 1 aromatic carbocycles. The van der Waals surface area contributed by atoms with Crippen LogP contribution in [0.2, 0.25) is 0 Å². The second kappa shape index (κ2) is 8.68. The van der Waals surface area contributed by atoms with Crippen LogP contribution in [-0.4, -0.2) is 46.0 Å². The maximum absolute atomic E-state index is 12.8. The van der Waals surface area contributed by atoms with Gasteiger partial charge in [-0.05, 0) is 37.1 Å². The number of hydrogen-bond acceptors (Lipinski definition) is 6. The maximum Gasteiger partial charge on any atom is 0.255 e. The van der Waals surface area contributed by atoms with Gasteiger partial charge in [-0.1, -0.05) is 12.1 Å². The number of amides is 1. The molecule has 148 valence electrons. The van der Waals surface area contributed by atoms with E-state index in [1.807, 2.05) is 29.2 Å². The van der Waals surface area contributed by atoms with Crippen LogP contribution in [0.15, 0.2) is 61.2 Å². The highest BCUT2D eigenvalue weighted by Crippen LogP contribution is 2.31. The molecule has 1 aliphatic heterocycles. The van der Waals surface area contributed by atoms with Gasteiger partial charge in [-0.15, -0.1) is 0 Å². The predicted molar refractivity (Wildman–Crippen MR) is 107 cm³/mol. The molecule has 1 atom stereocenters. The van der Waals surface area contributed by atoms with Gasteiger partial charge in [0.05, 0.1) is 24.6 Å². The van der Waals surface area contributed by atoms with Gasteiger partial charge in [0.1, 0.15) is 0 Å². The lowest BCUT2D eigenvalue weighted by molar-refractivity contribution is 0.0705. The third-order valence-corrected chi connectivity index (χ3v) is 4.95. The lowest BCUT2D eigenvalue weighted by Gasteiger charge is -2.32. The van der Waals surface area contributed by atoms with Gasteiger partial charge in [0.15, 0.2) is 11.5 Å². The summed E-state index contributed by atoms with van der Waals surface area (Å²) in [5.74, 6) is 1.72. The number of benzene rings is 1. The number of methoxy groups -OCH3 is 1. The molecule has 3 aromatic rings. The van der Waals surface area contributed by atoms with Crippen molar-refractivity contribution in [3.8, 4) is 17.4 Å². The topological polar surface area (TPSA) is 77.4 Å². The first-order valence-corrected chi connectivity index (χ1v) is 9.56. The summed E-state index contributed by atoms with van der Waals surface area (Å²) in [5, 5.41) is 0. The molecular formula is C22H22N4O3. The van der Waals surface area contributed by atoms with E-state index in [9.17, 15) is 4.79 Å². The minimum Gasteiger partial charge on any atom is -0.493 e. The van der Waals surface area contributed by atoms with Gasteiger partial charge in [-0.3, -0.25) is 14.8 Å². The molecule has 0 bridgehead atoms. The number of aromatic nitrogens is 3. The zero-order valence-corrected chi connectivity index (χ0v) is 16.2. The lowest BCUT2D eigenvalue weighted by atomic mass is 9.94. The van der Waals surface area contributed by atoms with Crippen LogP contribution in [0.1, 0.15) is 34.8 Å². The van der Waals surface area contributed by atoms with E-state index in [0.717, 1.165) is 25.1 Å². The van der Waals surface area contributed by atoms with E-state index in [0.29, 0.717) is 29.5 Å². The Balaban J connectivity index is 1.50. The van der Waals surface area contributed by atoms with Crippen LogP contribution in [0.4, 0.5) is 0 Å². The maximum atomic E-state index is 12.8. The molecular weight excluding hydrogens is 368 g/mol. The SMILES string of the molecule is COc1ccccc1Oc1cncc([C@H]2CCCN(C(=O)c3cccnc3)C2)n1. The van der Waals surface area contributed by atoms with Gasteiger partial charge in [0.25, 0.3) is 5.91 Å². The Kier molecular flexibility index (Phi) is 5.65. The lowest BCUT2D eigenvalue weighted by Crippen LogP contribution is -2.39. The smallest absolute Gasteiger partial charge is 0.255 e. The monoisotopic (exact) mass is 390 g/mol. The Bertz CT molecular complexity index is 981. The molecule has 1 aliphatic rings. The summed E-state index contributed by atoms with van der Waals surface area (Å²) in [4.78, 5) is 27.6. The highest BCUT2D eigenvalue weighted by atomic mass is 16.5. The number of nitrogens with zero attached hydrogens (tertiary/aromatic N) is 4. The van der Waals surface area contributed by atoms with Gasteiger partial charge in [-0.25, -0.2) is 4.98 Å². The molecule has 0 unspecified atom stereocenters. The molecule has 0 radical (unpaired) electrons. The molecule has 29 heavy (non-hydrogen) atoms. The van der Waals surface area contributed by atoms with E-state index in [-0.39, 0.29) is 11.8 Å². The number of pyridine rings is 1. The Hall–Kier alpha value is -3.48. The molecule has 0 aliphatic carbocycles. The summed E-state index contributed by atoms with van der Waals surface area (Å²) >= 11 is 0. The summed E-state index contributed by atoms with van der Waals surface area (Å²) < 4.78 is 11.2. The van der Waals surface area contributed by atoms with Crippen LogP contribution >= 0.6 is 0 Å². The van der Waals surface area contributed by atoms with Gasteiger partial charge in [-0.2, -0.15) is 0 Å². The van der Waals surface area contributed by atoms with Gasteiger partial charge in [0, 0.05) is 37.6 Å². The first-order valence-electron chi connectivity index (χ1n) is 9.56. The van der Waals surface area contributed by atoms with Crippen LogP contribution in [0, 0.1) is 0 Å². The Morgan fingerprint density at radius 1 is 1.07 bits per heavy atom. The predicted octanol–water partition coefficient (Wildman–Crippen LogP) is 3.69. The number of carbonyl (C=O) groups excluding carboxylic acids is 1. The van der Waals surface area contributed by atoms with Crippen LogP contribution in [0.5, 0.6) is 17.4 Å². The van der Waals surface area contributed by atoms with Crippen molar-refractivity contribution in [2.75, 3.05) is 20.2 Å². The normalized spacial score (nSPS) is 16.3. The fourth-order valence-corrected chi connectivity index (χ4v) is 3.50. The van der Waals surface area contributed by atoms with Crippen molar-refractivity contribution in [3.63, 3.8) is 0 Å². The van der Waals surface area contributed by atoms with Crippen LogP contribution in [0.25, 0.3) is 0 Å². The van der Waals surface area contributed by atoms with Gasteiger partial charge < -0.3 is 14.4 Å². The highest BCUT2D eigenvalue weighted by Gasteiger charge is 2.27. The molecule has 3 heterocycles. The molecule has 0 saturated carbocycles. The molecule has 7 heteroatoms. The largest absolute Gasteiger partial charge is 0.493 e. The number of para-hydroxylation sites is 2. The third kappa shape index (κ3) is 4.34. The average Bonchev–Trinajstić information content (AvgIpc) is 2.80. The zero-order valence-electron chi connectivity index (χ0n) is 16.2. The Morgan fingerprint density at radius 3 is 2.72 bits per heavy atom. The van der Waals surface area contributed by atoms with Crippen molar-refractivity contribution in [1.29, 1.82) is 0 Å². The number of ether oxygens (including phenoxy) is 2. The third-order valence-electron chi connectivity index (χ3n) is 4.95. The van der Waals surface area contributed by atoms with E-state index in [2.05, 4.69) is 15.0 Å². The molecule has 4 rings (SSSR count). The molecule has 7 nitrogen and oxygen atoms in total. The fraction of sp³-hybridized carbons (Fsp3) is 0.273. The summed E-state index contributed by atoms with van der Waals surface area (Å²) in [6.45, 7) is 1.33. The Labute approximate surface area is 169 Å². The first-order chi connectivity index (χ1) is 14.2. The molecule has 1 fully saturated rings. The molecule has 0 spiro atoms. The van der Waals surface area contributed by atoms with Gasteiger partial charge >= 0.3 is 0 Å². The fourth-order valence-electron chi connectivity index (χ4n) is 3.50. The van der Waals surface area contributed by atoms with E-state index in [4.69, 9.17) is 9.47 Å². The zero-order chi connectivity index (χ0) is 20.1. The number of piperidine rings is 1. The van der Waals surface area contributed by atoms with Crippen LogP contribution in [0.3, 0.4) is 0 Å². The summed E-state index contributed by atoms with van der Waals surface area (Å²) in [6.07, 6.45) is 8.46. The standard InChI is InChI=1S/C22H22N4O3/c1-28-19-8-2-3-9-20(19)29-21-14-24-13-18(25-21)17-7-5-11-26(15-17)22(27)16-6-4-10-23-12-16/h2-4,6,8-10,12-14,17H,5,7,11,15H2,1H3/t17-/m0/s1. The number of hydrogen-bond donors (Lipinski definition) is 0. The molecule has 1 saturated heterocycles. The van der Waals surface area contributed by atoms with E-state index in [1.54, 1.807) is 44.0 Å². The Morgan fingerprint density at radius 2 is 1.93 bits per heavy atom. The van der Waals surface area contributed by atoms with E-state index in [1.165, 1.54) is 0 Å². The average molecular weight is 390 g/mol. The van der Waals surface area contributed by atoms with E-state index < -0.39 is 0 Å². The van der Waals surface area contributed by atoms with Crippen molar-refractivity contribution in [1.82, 2.24) is 19.9 Å². The quantitative estimate of drug-likeness (QED) is 0.661. The van der Waals surface area contributed by atoms with Crippen molar-refractivity contribution < 1.29 is 14.3 Å². The summed E-state index contributed by atoms with van der Waals surface area (Å²) in [6, 6.07) is 11.0. The number of carbonyl (C=O) groups is 1. The van der Waals surface area contributed by atoms with Crippen molar-refractivity contribution >= 4 is 5.91 Å². The van der Waals surface area contributed by atoms with Crippen molar-refractivity contribution in [2.24, 2.45) is 0 Å². The van der Waals surface area contributed by atoms with Crippen molar-refractivity contribution in [3.05, 3.63) is 72.4 Å². The van der Waals surface area contributed by atoms with Crippen LogP contribution < -0.4 is 9.47 Å². The molecule has 0 N–H and O–H groups in total. The molecule has 1 amide bonds. The second-order valence-corrected chi connectivity index (χ2v) is 6.87. The first kappa shape index (κ1) is 18.9. The summed E-state index contributed by atoms with van der Waals surface area (Å²) in [5.41, 5.74) is 1.42. The van der Waals surface area contributed by atoms with E-state index >= 15 is 0 Å². The summed E-state index contributed by atoms with van der Waals surface area (Å²) in [7, 11) is 1.60. The van der Waals surface area contributed by atoms with Crippen LogP contribution in [-0.2, 0) is 0 Å². The second-order valence-electron chi connectivity index (χ2n) is 6.87. The minimum absolute atomic E-state index is 0.00261. The van der Waals surface area contributed by atoms with Gasteiger partial charge in [0.2, 0.25) is 5.88 Å². The number of rotatable bonds is 5. The highest BCUT2D eigenvalue weighted by molar-refractivity contribution is 5.94. The molecule has 2 aromatic heterocycles.